The number of ketones is 1. The van der Waals surface area contributed by atoms with Gasteiger partial charge in [-0.25, -0.2) is 8.42 Å². The number of aromatic nitrogens is 1. The molecule has 3 rings (SSSR count). The summed E-state index contributed by atoms with van der Waals surface area (Å²) < 4.78 is 26.5. The molecular weight excluding hydrogens is 354 g/mol. The number of aromatic amines is 1. The average molecular weight is 376 g/mol. The predicted octanol–water partition coefficient (Wildman–Crippen LogP) is 4.87. The van der Waals surface area contributed by atoms with Gasteiger partial charge in [-0.2, -0.15) is 0 Å². The van der Waals surface area contributed by atoms with Gasteiger partial charge >= 0.3 is 0 Å². The van der Waals surface area contributed by atoms with Crippen molar-refractivity contribution in [3.05, 3.63) is 46.5 Å². The van der Waals surface area contributed by atoms with E-state index in [4.69, 9.17) is 0 Å². The number of sulfone groups is 1. The lowest BCUT2D eigenvalue weighted by atomic mass is 9.88. The summed E-state index contributed by atoms with van der Waals surface area (Å²) in [5.41, 5.74) is 2.36. The van der Waals surface area contributed by atoms with Gasteiger partial charge in [-0.05, 0) is 43.0 Å². The number of carbonyl (C=O) groups excluding carboxylic acids is 1. The Balaban J connectivity index is 2.45. The third kappa shape index (κ3) is 2.93. The quantitative estimate of drug-likeness (QED) is 0.664. The van der Waals surface area contributed by atoms with Gasteiger partial charge in [-0.15, -0.1) is 11.3 Å². The molecule has 2 heterocycles. The van der Waals surface area contributed by atoms with Crippen LogP contribution in [0.2, 0.25) is 0 Å². The summed E-state index contributed by atoms with van der Waals surface area (Å²) in [6, 6.07) is 6.88. The molecule has 0 amide bonds. The highest BCUT2D eigenvalue weighted by Crippen LogP contribution is 2.37. The smallest absolute Gasteiger partial charge is 0.218 e. The van der Waals surface area contributed by atoms with Crippen LogP contribution < -0.4 is 0 Å². The molecule has 4 nitrogen and oxygen atoms in total. The minimum atomic E-state index is -3.64. The third-order valence-electron chi connectivity index (χ3n) is 4.17. The molecule has 0 saturated heterocycles. The zero-order chi connectivity index (χ0) is 18.6. The predicted molar refractivity (Wildman–Crippen MR) is 102 cm³/mol. The Bertz CT molecular complexity index is 1070. The second-order valence-electron chi connectivity index (χ2n) is 7.30. The number of rotatable bonds is 3. The van der Waals surface area contributed by atoms with E-state index in [-0.39, 0.29) is 16.1 Å². The molecule has 0 saturated carbocycles. The molecule has 1 aromatic carbocycles. The van der Waals surface area contributed by atoms with Crippen LogP contribution in [0.25, 0.3) is 10.9 Å². The van der Waals surface area contributed by atoms with Gasteiger partial charge < -0.3 is 4.98 Å². The molecule has 25 heavy (non-hydrogen) atoms. The summed E-state index contributed by atoms with van der Waals surface area (Å²) in [7, 11) is -3.64. The highest BCUT2D eigenvalue weighted by Gasteiger charge is 2.29. The Morgan fingerprint density at radius 3 is 2.40 bits per heavy atom. The van der Waals surface area contributed by atoms with Gasteiger partial charge in [-0.3, -0.25) is 4.79 Å². The summed E-state index contributed by atoms with van der Waals surface area (Å²) in [5.74, 6) is -0.0683. The normalized spacial score (nSPS) is 12.7. The van der Waals surface area contributed by atoms with E-state index >= 15 is 0 Å². The summed E-state index contributed by atoms with van der Waals surface area (Å²) in [4.78, 5) is 15.8. The van der Waals surface area contributed by atoms with Crippen molar-refractivity contribution in [1.82, 2.24) is 4.98 Å². The number of hydrogen-bond donors (Lipinski definition) is 1. The molecule has 0 atom stereocenters. The maximum atomic E-state index is 13.1. The first-order valence-electron chi connectivity index (χ1n) is 8.00. The fraction of sp³-hybridized carbons (Fsp3) is 0.316. The van der Waals surface area contributed by atoms with Crippen molar-refractivity contribution in [2.24, 2.45) is 0 Å². The van der Waals surface area contributed by atoms with E-state index < -0.39 is 9.84 Å². The first kappa shape index (κ1) is 17.9. The Morgan fingerprint density at radius 1 is 1.20 bits per heavy atom. The monoisotopic (exact) mass is 375 g/mol. The number of hydrogen-bond acceptors (Lipinski definition) is 4. The molecule has 0 aliphatic carbocycles. The van der Waals surface area contributed by atoms with Crippen LogP contribution in [0.15, 0.2) is 38.8 Å². The van der Waals surface area contributed by atoms with E-state index in [2.05, 4.69) is 4.98 Å². The minimum Gasteiger partial charge on any atom is -0.356 e. The Kier molecular flexibility index (Phi) is 4.16. The number of H-pyrrole nitrogens is 1. The van der Waals surface area contributed by atoms with Crippen LogP contribution >= 0.6 is 11.3 Å². The van der Waals surface area contributed by atoms with Crippen molar-refractivity contribution < 1.29 is 13.2 Å². The molecule has 2 aromatic heterocycles. The van der Waals surface area contributed by atoms with Crippen LogP contribution in [0.4, 0.5) is 0 Å². The van der Waals surface area contributed by atoms with Crippen molar-refractivity contribution in [3.63, 3.8) is 0 Å². The third-order valence-corrected chi connectivity index (χ3v) is 7.34. The van der Waals surface area contributed by atoms with Crippen LogP contribution in [0, 0.1) is 6.92 Å². The topological polar surface area (TPSA) is 67.0 Å². The standard InChI is InChI=1S/C19H21NO3S2/c1-11-9-13-16(12(2)21)18(19(3,4)5)20-17(13)14(10-11)25(22,23)15-7-6-8-24-15/h6-10,20H,1-5H3. The summed E-state index contributed by atoms with van der Waals surface area (Å²) in [6.45, 7) is 9.38. The fourth-order valence-corrected chi connectivity index (χ4v) is 5.70. The maximum absolute atomic E-state index is 13.1. The average Bonchev–Trinajstić information content (AvgIpc) is 3.12. The van der Waals surface area contributed by atoms with Crippen molar-refractivity contribution in [2.75, 3.05) is 0 Å². The molecule has 0 unspecified atom stereocenters. The minimum absolute atomic E-state index is 0.0683. The SMILES string of the molecule is CC(=O)c1c(C(C)(C)C)[nH]c2c(S(=O)(=O)c3cccs3)cc(C)cc12. The van der Waals surface area contributed by atoms with E-state index in [0.29, 0.717) is 20.7 Å². The Hall–Kier alpha value is -1.92. The van der Waals surface area contributed by atoms with Gasteiger partial charge in [0.05, 0.1) is 10.4 Å². The zero-order valence-corrected chi connectivity index (χ0v) is 16.6. The van der Waals surface area contributed by atoms with Gasteiger partial charge in [0.25, 0.3) is 0 Å². The van der Waals surface area contributed by atoms with Gasteiger partial charge in [0.2, 0.25) is 9.84 Å². The molecule has 0 aliphatic rings. The van der Waals surface area contributed by atoms with Crippen LogP contribution in [0.5, 0.6) is 0 Å². The zero-order valence-electron chi connectivity index (χ0n) is 14.9. The van der Waals surface area contributed by atoms with Crippen molar-refractivity contribution >= 4 is 37.9 Å². The summed E-state index contributed by atoms with van der Waals surface area (Å²) in [6.07, 6.45) is 0. The number of fused-ring (bicyclic) bond motifs is 1. The molecule has 0 spiro atoms. The lowest BCUT2D eigenvalue weighted by Gasteiger charge is -2.18. The van der Waals surface area contributed by atoms with E-state index in [1.54, 1.807) is 23.6 Å². The number of Topliss-reactive ketones (excluding diaryl/α,β-unsaturated/α-hetero) is 1. The van der Waals surface area contributed by atoms with E-state index in [9.17, 15) is 13.2 Å². The van der Waals surface area contributed by atoms with Crippen LogP contribution in [0.1, 0.15) is 49.3 Å². The second kappa shape index (κ2) is 5.81. The second-order valence-corrected chi connectivity index (χ2v) is 10.4. The fourth-order valence-electron chi connectivity index (χ4n) is 3.07. The number of aryl methyl sites for hydroxylation is 1. The van der Waals surface area contributed by atoms with Gasteiger partial charge in [0.15, 0.2) is 5.78 Å². The molecule has 6 heteroatoms. The highest BCUT2D eigenvalue weighted by atomic mass is 32.2. The van der Waals surface area contributed by atoms with Crippen molar-refractivity contribution in [2.45, 2.75) is 49.1 Å². The summed E-state index contributed by atoms with van der Waals surface area (Å²) >= 11 is 1.19. The Labute approximate surface area is 151 Å². The van der Waals surface area contributed by atoms with Gasteiger partial charge in [-0.1, -0.05) is 26.8 Å². The van der Waals surface area contributed by atoms with Crippen LogP contribution in [-0.2, 0) is 15.3 Å². The van der Waals surface area contributed by atoms with E-state index in [0.717, 1.165) is 11.3 Å². The molecule has 132 valence electrons. The number of thiophene rings is 1. The lowest BCUT2D eigenvalue weighted by molar-refractivity contribution is 0.101. The number of carbonyl (C=O) groups is 1. The van der Waals surface area contributed by atoms with Gasteiger partial charge in [0, 0.05) is 22.1 Å². The van der Waals surface area contributed by atoms with Crippen LogP contribution in [-0.4, -0.2) is 19.2 Å². The van der Waals surface area contributed by atoms with Crippen LogP contribution in [0.3, 0.4) is 0 Å². The lowest BCUT2D eigenvalue weighted by Crippen LogP contribution is -2.15. The van der Waals surface area contributed by atoms with Gasteiger partial charge in [0.1, 0.15) is 4.21 Å². The Morgan fingerprint density at radius 2 is 1.88 bits per heavy atom. The van der Waals surface area contributed by atoms with Crippen molar-refractivity contribution in [3.8, 4) is 0 Å². The molecule has 0 fully saturated rings. The molecular formula is C19H21NO3S2. The number of benzene rings is 1. The molecule has 3 aromatic rings. The molecule has 0 radical (unpaired) electrons. The largest absolute Gasteiger partial charge is 0.356 e. The molecule has 1 N–H and O–H groups in total. The summed E-state index contributed by atoms with van der Waals surface area (Å²) in [5, 5.41) is 2.42. The van der Waals surface area contributed by atoms with Crippen molar-refractivity contribution in [1.29, 1.82) is 0 Å². The molecule has 0 aliphatic heterocycles. The number of nitrogens with one attached hydrogen (secondary N) is 1. The first-order valence-corrected chi connectivity index (χ1v) is 10.4. The maximum Gasteiger partial charge on any atom is 0.218 e. The first-order chi connectivity index (χ1) is 11.5. The highest BCUT2D eigenvalue weighted by molar-refractivity contribution is 7.93. The van der Waals surface area contributed by atoms with E-state index in [1.807, 2.05) is 33.8 Å². The molecule has 0 bridgehead atoms. The van der Waals surface area contributed by atoms with E-state index in [1.165, 1.54) is 18.3 Å².